The summed E-state index contributed by atoms with van der Waals surface area (Å²) in [5.41, 5.74) is 1.91. The molecular weight excluding hydrogens is 288 g/mol. The number of benzene rings is 1. The van der Waals surface area contributed by atoms with Gasteiger partial charge in [0.25, 0.3) is 0 Å². The molecule has 0 aliphatic carbocycles. The molecule has 2 aromatic heterocycles. The number of aromatic hydroxyl groups is 1. The average Bonchev–Trinajstić information content (AvgIpc) is 2.98. The molecule has 0 bridgehead atoms. The molecule has 2 atom stereocenters. The second kappa shape index (κ2) is 6.79. The van der Waals surface area contributed by atoms with Crippen molar-refractivity contribution in [3.63, 3.8) is 0 Å². The summed E-state index contributed by atoms with van der Waals surface area (Å²) in [5.74, 6) is 1.21. The van der Waals surface area contributed by atoms with Crippen LogP contribution in [-0.4, -0.2) is 19.7 Å². The maximum Gasteiger partial charge on any atom is 0.160 e. The molecule has 0 aliphatic rings. The quantitative estimate of drug-likeness (QED) is 0.730. The molecule has 1 aromatic carbocycles. The highest BCUT2D eigenvalue weighted by atomic mass is 16.3. The summed E-state index contributed by atoms with van der Waals surface area (Å²) in [5, 5.41) is 21.9. The fraction of sp³-hybridized carbons (Fsp3) is 0.333. The summed E-state index contributed by atoms with van der Waals surface area (Å²) in [6.45, 7) is 4.26. The number of hydrogen-bond donors (Lipinski definition) is 2. The van der Waals surface area contributed by atoms with Crippen LogP contribution in [0.15, 0.2) is 48.7 Å². The maximum absolute atomic E-state index is 9.67. The first-order valence-corrected chi connectivity index (χ1v) is 8.03. The molecule has 0 radical (unpaired) electrons. The van der Waals surface area contributed by atoms with Crippen molar-refractivity contribution < 1.29 is 5.11 Å². The van der Waals surface area contributed by atoms with E-state index in [1.54, 1.807) is 12.1 Å². The molecule has 2 unspecified atom stereocenters. The van der Waals surface area contributed by atoms with Crippen molar-refractivity contribution in [3.8, 4) is 5.75 Å². The molecule has 2 heterocycles. The maximum atomic E-state index is 9.67. The van der Waals surface area contributed by atoms with E-state index in [-0.39, 0.29) is 17.8 Å². The van der Waals surface area contributed by atoms with Gasteiger partial charge in [-0.15, -0.1) is 10.2 Å². The van der Waals surface area contributed by atoms with E-state index in [1.807, 2.05) is 40.9 Å². The Balaban J connectivity index is 1.87. The Hall–Kier alpha value is -2.40. The molecule has 5 nitrogen and oxygen atoms in total. The minimum absolute atomic E-state index is 0.106. The molecular formula is C18H22N4O. The molecule has 0 aliphatic heterocycles. The van der Waals surface area contributed by atoms with Crippen LogP contribution in [-0.2, 0) is 0 Å². The molecule has 0 fully saturated rings. The van der Waals surface area contributed by atoms with Crippen molar-refractivity contribution in [2.24, 2.45) is 0 Å². The summed E-state index contributed by atoms with van der Waals surface area (Å²) in [7, 11) is 0. The summed E-state index contributed by atoms with van der Waals surface area (Å²) >= 11 is 0. The van der Waals surface area contributed by atoms with Crippen LogP contribution in [0.4, 0.5) is 0 Å². The lowest BCUT2D eigenvalue weighted by Crippen LogP contribution is -2.26. The number of nitrogens with one attached hydrogen (secondary N) is 1. The van der Waals surface area contributed by atoms with Gasteiger partial charge in [-0.2, -0.15) is 0 Å². The van der Waals surface area contributed by atoms with Crippen LogP contribution >= 0.6 is 0 Å². The Labute approximate surface area is 136 Å². The normalized spacial score (nSPS) is 14.0. The summed E-state index contributed by atoms with van der Waals surface area (Å²) in [4.78, 5) is 0. The lowest BCUT2D eigenvalue weighted by atomic mass is 10.0. The third kappa shape index (κ3) is 3.35. The molecule has 0 spiro atoms. The Morgan fingerprint density at radius 1 is 1.17 bits per heavy atom. The van der Waals surface area contributed by atoms with Gasteiger partial charge in [0.05, 0.1) is 6.04 Å². The predicted octanol–water partition coefficient (Wildman–Crippen LogP) is 3.63. The van der Waals surface area contributed by atoms with Crippen molar-refractivity contribution in [2.45, 2.75) is 38.8 Å². The first-order chi connectivity index (χ1) is 11.2. The number of pyridine rings is 1. The van der Waals surface area contributed by atoms with Gasteiger partial charge in [-0.25, -0.2) is 0 Å². The third-order valence-electron chi connectivity index (χ3n) is 4.05. The SMILES string of the molecule is CCCC(NC(C)c1cccc(O)c1)c1nnc2ccccn12. The zero-order valence-electron chi connectivity index (χ0n) is 13.5. The van der Waals surface area contributed by atoms with Gasteiger partial charge < -0.3 is 10.4 Å². The van der Waals surface area contributed by atoms with Gasteiger partial charge in [0.15, 0.2) is 11.5 Å². The first kappa shape index (κ1) is 15.5. The Morgan fingerprint density at radius 3 is 2.83 bits per heavy atom. The molecule has 3 aromatic rings. The molecule has 0 amide bonds. The molecule has 3 rings (SSSR count). The molecule has 0 saturated heterocycles. The smallest absolute Gasteiger partial charge is 0.160 e. The van der Waals surface area contributed by atoms with Gasteiger partial charge in [0, 0.05) is 12.2 Å². The van der Waals surface area contributed by atoms with Crippen molar-refractivity contribution in [1.82, 2.24) is 19.9 Å². The first-order valence-electron chi connectivity index (χ1n) is 8.03. The summed E-state index contributed by atoms with van der Waals surface area (Å²) in [6, 6.07) is 13.5. The molecule has 5 heteroatoms. The highest BCUT2D eigenvalue weighted by Crippen LogP contribution is 2.24. The minimum Gasteiger partial charge on any atom is -0.508 e. The van der Waals surface area contributed by atoms with Gasteiger partial charge in [0.2, 0.25) is 0 Å². The summed E-state index contributed by atoms with van der Waals surface area (Å²) in [6.07, 6.45) is 4.01. The second-order valence-electron chi connectivity index (χ2n) is 5.81. The van der Waals surface area contributed by atoms with Crippen molar-refractivity contribution in [3.05, 3.63) is 60.0 Å². The topological polar surface area (TPSA) is 62.5 Å². The number of nitrogens with zero attached hydrogens (tertiary/aromatic N) is 3. The highest BCUT2D eigenvalue weighted by Gasteiger charge is 2.20. The van der Waals surface area contributed by atoms with E-state index in [0.29, 0.717) is 0 Å². The number of hydrogen-bond acceptors (Lipinski definition) is 4. The summed E-state index contributed by atoms with van der Waals surface area (Å²) < 4.78 is 2.03. The average molecular weight is 310 g/mol. The van der Waals surface area contributed by atoms with Gasteiger partial charge in [-0.05, 0) is 43.2 Å². The van der Waals surface area contributed by atoms with Crippen LogP contribution in [0, 0.1) is 0 Å². The lowest BCUT2D eigenvalue weighted by molar-refractivity contribution is 0.418. The third-order valence-corrected chi connectivity index (χ3v) is 4.05. The van der Waals surface area contributed by atoms with Gasteiger partial charge in [0.1, 0.15) is 5.75 Å². The monoisotopic (exact) mass is 310 g/mol. The Kier molecular flexibility index (Phi) is 4.57. The van der Waals surface area contributed by atoms with E-state index in [2.05, 4.69) is 29.4 Å². The van der Waals surface area contributed by atoms with E-state index < -0.39 is 0 Å². The van der Waals surface area contributed by atoms with E-state index in [0.717, 1.165) is 29.9 Å². The Bertz CT molecular complexity index is 783. The van der Waals surface area contributed by atoms with E-state index in [1.165, 1.54) is 0 Å². The van der Waals surface area contributed by atoms with E-state index in [9.17, 15) is 5.11 Å². The van der Waals surface area contributed by atoms with Gasteiger partial charge >= 0.3 is 0 Å². The van der Waals surface area contributed by atoms with E-state index >= 15 is 0 Å². The standard InChI is InChI=1S/C18H22N4O/c1-3-7-16(18-21-20-17-10-4-5-11-22(17)18)19-13(2)14-8-6-9-15(23)12-14/h4-6,8-13,16,19,23H,3,7H2,1-2H3. The Morgan fingerprint density at radius 2 is 2.04 bits per heavy atom. The number of aromatic nitrogens is 3. The van der Waals surface area contributed by atoms with Crippen molar-refractivity contribution in [1.29, 1.82) is 0 Å². The highest BCUT2D eigenvalue weighted by molar-refractivity contribution is 5.37. The number of phenolic OH excluding ortho intramolecular Hbond substituents is 1. The van der Waals surface area contributed by atoms with Crippen molar-refractivity contribution in [2.75, 3.05) is 0 Å². The molecule has 23 heavy (non-hydrogen) atoms. The van der Waals surface area contributed by atoms with Crippen LogP contribution < -0.4 is 5.32 Å². The minimum atomic E-state index is 0.106. The number of phenols is 1. The van der Waals surface area contributed by atoms with Crippen LogP contribution in [0.3, 0.4) is 0 Å². The van der Waals surface area contributed by atoms with Crippen molar-refractivity contribution >= 4 is 5.65 Å². The van der Waals surface area contributed by atoms with Crippen LogP contribution in [0.2, 0.25) is 0 Å². The van der Waals surface area contributed by atoms with Crippen LogP contribution in [0.5, 0.6) is 5.75 Å². The van der Waals surface area contributed by atoms with E-state index in [4.69, 9.17) is 0 Å². The molecule has 2 N–H and O–H groups in total. The molecule has 120 valence electrons. The second-order valence-corrected chi connectivity index (χ2v) is 5.81. The van der Waals surface area contributed by atoms with Gasteiger partial charge in [-0.3, -0.25) is 4.40 Å². The van der Waals surface area contributed by atoms with Crippen LogP contribution in [0.25, 0.3) is 5.65 Å². The zero-order valence-corrected chi connectivity index (χ0v) is 13.5. The fourth-order valence-electron chi connectivity index (χ4n) is 2.87. The molecule has 0 saturated carbocycles. The number of fused-ring (bicyclic) bond motifs is 1. The predicted molar refractivity (Wildman–Crippen MR) is 90.3 cm³/mol. The van der Waals surface area contributed by atoms with Crippen LogP contribution in [0.1, 0.15) is 50.2 Å². The lowest BCUT2D eigenvalue weighted by Gasteiger charge is -2.22. The fourth-order valence-corrected chi connectivity index (χ4v) is 2.87. The largest absolute Gasteiger partial charge is 0.508 e. The van der Waals surface area contributed by atoms with Gasteiger partial charge in [-0.1, -0.05) is 31.5 Å². The zero-order chi connectivity index (χ0) is 16.2. The number of rotatable bonds is 6.